The molecule has 0 radical (unpaired) electrons. The van der Waals surface area contributed by atoms with Gasteiger partial charge in [0.05, 0.1) is 11.2 Å². The van der Waals surface area contributed by atoms with E-state index in [1.165, 1.54) is 35.1 Å². The van der Waals surface area contributed by atoms with Crippen molar-refractivity contribution in [2.24, 2.45) is 0 Å². The molecule has 0 aliphatic carbocycles. The van der Waals surface area contributed by atoms with Crippen LogP contribution in [0, 0.1) is 0 Å². The number of carbonyl (C=O) groups is 1. The summed E-state index contributed by atoms with van der Waals surface area (Å²) >= 11 is 6.00. The van der Waals surface area contributed by atoms with Crippen molar-refractivity contribution in [3.05, 3.63) is 46.7 Å². The Morgan fingerprint density at radius 1 is 1.38 bits per heavy atom. The van der Waals surface area contributed by atoms with E-state index in [4.69, 9.17) is 11.6 Å². The lowest BCUT2D eigenvalue weighted by Gasteiger charge is -2.11. The summed E-state index contributed by atoms with van der Waals surface area (Å²) in [6, 6.07) is 5.52. The third kappa shape index (κ3) is 3.39. The van der Waals surface area contributed by atoms with Crippen molar-refractivity contribution >= 4 is 17.4 Å². The summed E-state index contributed by atoms with van der Waals surface area (Å²) in [5.41, 5.74) is 0.429. The van der Waals surface area contributed by atoms with Crippen LogP contribution in [-0.4, -0.2) is 22.2 Å². The molecule has 1 aromatic heterocycles. The van der Waals surface area contributed by atoms with Gasteiger partial charge < -0.3 is 4.74 Å². The highest BCUT2D eigenvalue weighted by molar-refractivity contribution is 6.34. The fraction of sp³-hybridized carbons (Fsp3) is 0.286. The molecule has 4 nitrogen and oxygen atoms in total. The highest BCUT2D eigenvalue weighted by Crippen LogP contribution is 2.24. The lowest BCUT2D eigenvalue weighted by molar-refractivity contribution is -0.0498. The van der Waals surface area contributed by atoms with Crippen LogP contribution in [0.25, 0.3) is 0 Å². The van der Waals surface area contributed by atoms with Crippen LogP contribution in [-0.2, 0) is 0 Å². The molecule has 1 heterocycles. The number of ketones is 1. The molecule has 0 fully saturated rings. The fourth-order valence-electron chi connectivity index (χ4n) is 1.90. The molecule has 0 bridgehead atoms. The van der Waals surface area contributed by atoms with Crippen LogP contribution < -0.4 is 4.74 Å². The Morgan fingerprint density at radius 3 is 2.71 bits per heavy atom. The van der Waals surface area contributed by atoms with Crippen LogP contribution in [0.15, 0.2) is 30.5 Å². The molecule has 0 spiro atoms. The second-order valence-electron chi connectivity index (χ2n) is 4.61. The van der Waals surface area contributed by atoms with Gasteiger partial charge in [-0.25, -0.2) is 0 Å². The summed E-state index contributed by atoms with van der Waals surface area (Å²) in [4.78, 5) is 12.5. The third-order valence-electron chi connectivity index (χ3n) is 2.78. The van der Waals surface area contributed by atoms with E-state index < -0.39 is 12.4 Å². The monoisotopic (exact) mass is 314 g/mol. The zero-order valence-corrected chi connectivity index (χ0v) is 12.1. The lowest BCUT2D eigenvalue weighted by Crippen LogP contribution is -2.14. The molecule has 0 saturated carbocycles. The van der Waals surface area contributed by atoms with E-state index in [0.29, 0.717) is 0 Å². The Kier molecular flexibility index (Phi) is 4.57. The minimum absolute atomic E-state index is 0.0584. The Bertz CT molecular complexity index is 656. The molecule has 0 unspecified atom stereocenters. The van der Waals surface area contributed by atoms with Gasteiger partial charge in [0.15, 0.2) is 0 Å². The molecule has 0 atom stereocenters. The first kappa shape index (κ1) is 15.4. The van der Waals surface area contributed by atoms with E-state index in [0.717, 1.165) is 0 Å². The predicted octanol–water partition coefficient (Wildman–Crippen LogP) is 3.95. The lowest BCUT2D eigenvalue weighted by atomic mass is 10.1. The van der Waals surface area contributed by atoms with Crippen LogP contribution in [0.2, 0.25) is 5.02 Å². The topological polar surface area (TPSA) is 44.1 Å². The molecule has 0 N–H and O–H groups in total. The van der Waals surface area contributed by atoms with Gasteiger partial charge >= 0.3 is 6.61 Å². The van der Waals surface area contributed by atoms with E-state index >= 15 is 0 Å². The highest BCUT2D eigenvalue weighted by Gasteiger charge is 2.21. The normalized spacial score (nSPS) is 11.2. The van der Waals surface area contributed by atoms with Crippen LogP contribution in [0.1, 0.15) is 35.9 Å². The van der Waals surface area contributed by atoms with Crippen molar-refractivity contribution in [1.82, 2.24) is 9.78 Å². The van der Waals surface area contributed by atoms with E-state index in [9.17, 15) is 13.6 Å². The first-order chi connectivity index (χ1) is 9.90. The summed E-state index contributed by atoms with van der Waals surface area (Å²) in [5.74, 6) is -0.478. The smallest absolute Gasteiger partial charge is 0.387 e. The van der Waals surface area contributed by atoms with Crippen LogP contribution in [0.5, 0.6) is 5.75 Å². The number of rotatable bonds is 5. The average molecular weight is 315 g/mol. The highest BCUT2D eigenvalue weighted by atomic mass is 35.5. The van der Waals surface area contributed by atoms with Crippen molar-refractivity contribution < 1.29 is 18.3 Å². The van der Waals surface area contributed by atoms with Gasteiger partial charge in [-0.05, 0) is 26.0 Å². The zero-order chi connectivity index (χ0) is 15.6. The second-order valence-corrected chi connectivity index (χ2v) is 5.02. The van der Waals surface area contributed by atoms with Crippen molar-refractivity contribution in [3.63, 3.8) is 0 Å². The van der Waals surface area contributed by atoms with E-state index in [1.54, 1.807) is 0 Å². The molecule has 0 aliphatic heterocycles. The fourth-order valence-corrected chi connectivity index (χ4v) is 2.11. The standard InChI is InChI=1S/C14H13ClF2N2O2/c1-8(2)19-12(11(15)7-18-19)13(20)9-4-3-5-10(6-9)21-14(16)17/h3-8,14H,1-2H3. The molecule has 112 valence electrons. The summed E-state index contributed by atoms with van der Waals surface area (Å²) in [6.45, 7) is 0.771. The molecule has 0 saturated heterocycles. The van der Waals surface area contributed by atoms with Crippen molar-refractivity contribution in [1.29, 1.82) is 0 Å². The number of nitrogens with zero attached hydrogens (tertiary/aromatic N) is 2. The number of carbonyl (C=O) groups excluding carboxylic acids is 1. The zero-order valence-electron chi connectivity index (χ0n) is 11.4. The molecular formula is C14H13ClF2N2O2. The van der Waals surface area contributed by atoms with Crippen LogP contribution >= 0.6 is 11.6 Å². The Labute approximate surface area is 125 Å². The van der Waals surface area contributed by atoms with E-state index in [1.807, 2.05) is 13.8 Å². The number of hydrogen-bond donors (Lipinski definition) is 0. The minimum atomic E-state index is -2.94. The van der Waals surface area contributed by atoms with Gasteiger partial charge in [-0.3, -0.25) is 9.48 Å². The quantitative estimate of drug-likeness (QED) is 0.785. The third-order valence-corrected chi connectivity index (χ3v) is 3.05. The molecule has 2 aromatic rings. The van der Waals surface area contributed by atoms with Crippen molar-refractivity contribution in [2.45, 2.75) is 26.5 Å². The molecule has 21 heavy (non-hydrogen) atoms. The molecule has 2 rings (SSSR count). The Morgan fingerprint density at radius 2 is 2.10 bits per heavy atom. The first-order valence-electron chi connectivity index (χ1n) is 6.22. The van der Waals surface area contributed by atoms with Crippen LogP contribution in [0.4, 0.5) is 8.78 Å². The average Bonchev–Trinajstić information content (AvgIpc) is 2.79. The summed E-state index contributed by atoms with van der Waals surface area (Å²) in [7, 11) is 0. The van der Waals surface area contributed by atoms with Gasteiger partial charge in [0.1, 0.15) is 11.4 Å². The van der Waals surface area contributed by atoms with E-state index in [2.05, 4.69) is 9.84 Å². The molecular weight excluding hydrogens is 302 g/mol. The Hall–Kier alpha value is -1.95. The summed E-state index contributed by atoms with van der Waals surface area (Å²) in [6.07, 6.45) is 1.38. The molecule has 7 heteroatoms. The van der Waals surface area contributed by atoms with Gasteiger partial charge in [0.25, 0.3) is 0 Å². The molecule has 0 amide bonds. The largest absolute Gasteiger partial charge is 0.435 e. The maximum Gasteiger partial charge on any atom is 0.387 e. The summed E-state index contributed by atoms with van der Waals surface area (Å²) in [5, 5.41) is 4.26. The minimum Gasteiger partial charge on any atom is -0.435 e. The van der Waals surface area contributed by atoms with Gasteiger partial charge in [-0.1, -0.05) is 23.7 Å². The number of ether oxygens (including phenoxy) is 1. The van der Waals surface area contributed by atoms with E-state index in [-0.39, 0.29) is 28.1 Å². The van der Waals surface area contributed by atoms with Gasteiger partial charge in [0.2, 0.25) is 5.78 Å². The number of alkyl halides is 2. The van der Waals surface area contributed by atoms with Gasteiger partial charge in [0, 0.05) is 11.6 Å². The van der Waals surface area contributed by atoms with Crippen molar-refractivity contribution in [3.8, 4) is 5.75 Å². The molecule has 1 aromatic carbocycles. The molecule has 0 aliphatic rings. The SMILES string of the molecule is CC(C)n1ncc(Cl)c1C(=O)c1cccc(OC(F)F)c1. The second kappa shape index (κ2) is 6.22. The van der Waals surface area contributed by atoms with Gasteiger partial charge in [-0.2, -0.15) is 13.9 Å². The summed E-state index contributed by atoms with van der Waals surface area (Å²) < 4.78 is 30.2. The maximum absolute atomic E-state index is 12.5. The van der Waals surface area contributed by atoms with Crippen molar-refractivity contribution in [2.75, 3.05) is 0 Å². The number of aromatic nitrogens is 2. The predicted molar refractivity (Wildman–Crippen MR) is 74.1 cm³/mol. The first-order valence-corrected chi connectivity index (χ1v) is 6.60. The Balaban J connectivity index is 2.39. The number of halogens is 3. The van der Waals surface area contributed by atoms with Crippen LogP contribution in [0.3, 0.4) is 0 Å². The number of benzene rings is 1. The number of hydrogen-bond acceptors (Lipinski definition) is 3. The van der Waals surface area contributed by atoms with Gasteiger partial charge in [-0.15, -0.1) is 0 Å². The maximum atomic E-state index is 12.5.